The van der Waals surface area contributed by atoms with E-state index in [1.165, 1.54) is 64.2 Å². The van der Waals surface area contributed by atoms with Gasteiger partial charge in [0.15, 0.2) is 0 Å². The van der Waals surface area contributed by atoms with Crippen LogP contribution in [0.1, 0.15) is 347 Å². The zero-order valence-corrected chi connectivity index (χ0v) is 60.7. The molecular formula is C66H120N6O12P6. The summed E-state index contributed by atoms with van der Waals surface area (Å²) in [6.07, 6.45) is 55.5. The number of rotatable bonds is 24. The molecule has 2 unspecified atom stereocenters. The van der Waals surface area contributed by atoms with E-state index >= 15 is 0 Å². The molecule has 0 bridgehead atoms. The van der Waals surface area contributed by atoms with Gasteiger partial charge in [-0.25, -0.2) is 0 Å². The lowest BCUT2D eigenvalue weighted by molar-refractivity contribution is 0.0486. The molecule has 11 saturated carbocycles. The summed E-state index contributed by atoms with van der Waals surface area (Å²) in [5, 5.41) is 0. The maximum Gasteiger partial charge on any atom is 0.349 e. The van der Waals surface area contributed by atoms with Gasteiger partial charge in [0.1, 0.15) is 0 Å². The molecule has 90 heavy (non-hydrogen) atoms. The van der Waals surface area contributed by atoms with Crippen molar-refractivity contribution in [3.05, 3.63) is 0 Å². The summed E-state index contributed by atoms with van der Waals surface area (Å²) < 4.78 is 128. The van der Waals surface area contributed by atoms with Gasteiger partial charge in [-0.15, -0.1) is 27.1 Å². The second-order valence-corrected chi connectivity index (χ2v) is 42.5. The van der Waals surface area contributed by atoms with Gasteiger partial charge in [0, 0.05) is 0 Å². The molecule has 13 rings (SSSR count). The lowest BCUT2D eigenvalue weighted by Crippen LogP contribution is -2.28. The van der Waals surface area contributed by atoms with E-state index < -0.39 is 46.0 Å². The highest BCUT2D eigenvalue weighted by molar-refractivity contribution is 7.79. The van der Waals surface area contributed by atoms with E-state index in [0.717, 1.165) is 257 Å². The minimum Gasteiger partial charge on any atom is -0.303 e. The monoisotopic (exact) mass is 1370 g/mol. The molecule has 0 spiro atoms. The number of hydrogen-bond donors (Lipinski definition) is 0. The van der Waals surface area contributed by atoms with Gasteiger partial charge in [-0.05, 0) is 154 Å². The molecule has 24 heteroatoms. The van der Waals surface area contributed by atoms with Gasteiger partial charge >= 0.3 is 46.0 Å². The fraction of sp³-hybridized carbons (Fsp3) is 1.00. The van der Waals surface area contributed by atoms with Crippen molar-refractivity contribution in [1.29, 1.82) is 0 Å². The normalized spacial score (nSPS) is 34.0. The lowest BCUT2D eigenvalue weighted by atomic mass is 9.95. The quantitative estimate of drug-likeness (QED) is 0.0834. The maximum atomic E-state index is 7.90. The lowest BCUT2D eigenvalue weighted by Gasteiger charge is -2.42. The predicted molar refractivity (Wildman–Crippen MR) is 364 cm³/mol. The molecule has 516 valence electrons. The summed E-state index contributed by atoms with van der Waals surface area (Å²) in [6.45, 7) is 0. The Morgan fingerprint density at radius 3 is 0.311 bits per heavy atom. The van der Waals surface area contributed by atoms with Crippen molar-refractivity contribution in [2.45, 2.75) is 420 Å². The molecule has 11 aliphatic carbocycles. The van der Waals surface area contributed by atoms with E-state index in [-0.39, 0.29) is 73.2 Å². The molecule has 2 aliphatic heterocycles. The van der Waals surface area contributed by atoms with Crippen LogP contribution in [-0.4, -0.2) is 73.2 Å². The van der Waals surface area contributed by atoms with Crippen LogP contribution in [0.15, 0.2) is 27.1 Å². The van der Waals surface area contributed by atoms with Crippen LogP contribution in [-0.2, 0) is 54.3 Å². The Labute approximate surface area is 544 Å². The smallest absolute Gasteiger partial charge is 0.303 e. The third kappa shape index (κ3) is 19.7. The molecule has 0 N–H and O–H groups in total. The molecule has 13 aliphatic rings. The van der Waals surface area contributed by atoms with Crippen molar-refractivity contribution in [3.63, 3.8) is 0 Å². The highest BCUT2D eigenvalue weighted by Gasteiger charge is 2.52. The summed E-state index contributed by atoms with van der Waals surface area (Å²) in [5.41, 5.74) is 0. The van der Waals surface area contributed by atoms with Gasteiger partial charge in [-0.2, -0.15) is 0 Å². The standard InChI is InChI=1S/C66H120N6O12P6/c1-11-31-55(32-12-1)73-85(74-56-33-13-2-14-34-56)67-86(75-57-35-15-3-16-36-57,76-58-37-17-4-18-38-58)70-89(69-85,81-63-47-27-9-28-48-63)83-65-51-53-66(54-52-65)84-90(82-64-49-29-10-30-50-64)71-87(77-59-39-19-5-20-40-59,78-60-41-21-6-22-42-60)68-88(72-90,79-61-43-23-7-24-44-61)80-62-45-25-8-26-46-62/h55-66H,1-54H2. The molecule has 0 saturated heterocycles. The molecule has 0 aromatic rings. The Bertz CT molecular complexity index is 2230. The zero-order valence-electron chi connectivity index (χ0n) is 55.4. The second-order valence-electron chi connectivity index (χ2n) is 29.7. The van der Waals surface area contributed by atoms with Crippen molar-refractivity contribution in [2.75, 3.05) is 0 Å². The van der Waals surface area contributed by atoms with E-state index in [2.05, 4.69) is 0 Å². The first-order chi connectivity index (χ1) is 44.2. The number of nitrogens with zero attached hydrogens (tertiary/aromatic N) is 6. The summed E-state index contributed by atoms with van der Waals surface area (Å²) in [4.78, 5) is 0. The highest BCUT2D eigenvalue weighted by Crippen LogP contribution is 2.85. The molecule has 0 amide bonds. The van der Waals surface area contributed by atoms with Crippen LogP contribution in [0.5, 0.6) is 0 Å². The van der Waals surface area contributed by atoms with Crippen LogP contribution in [0, 0.1) is 0 Å². The first-order valence-corrected chi connectivity index (χ1v) is 47.4. The van der Waals surface area contributed by atoms with Crippen molar-refractivity contribution in [2.24, 2.45) is 27.1 Å². The van der Waals surface area contributed by atoms with Crippen molar-refractivity contribution in [1.82, 2.24) is 0 Å². The maximum absolute atomic E-state index is 7.90. The zero-order chi connectivity index (χ0) is 60.8. The average molecular weight is 1380 g/mol. The molecule has 2 atom stereocenters. The highest BCUT2D eigenvalue weighted by atomic mass is 31.3. The van der Waals surface area contributed by atoms with Crippen LogP contribution in [0.25, 0.3) is 0 Å². The molecule has 2 heterocycles. The molecule has 11 fully saturated rings. The van der Waals surface area contributed by atoms with Crippen LogP contribution < -0.4 is 0 Å². The Morgan fingerprint density at radius 1 is 0.122 bits per heavy atom. The summed E-state index contributed by atoms with van der Waals surface area (Å²) >= 11 is 0. The number of hydrogen-bond acceptors (Lipinski definition) is 18. The van der Waals surface area contributed by atoms with E-state index in [1.807, 2.05) is 0 Å². The largest absolute Gasteiger partial charge is 0.349 e. The van der Waals surface area contributed by atoms with Crippen LogP contribution in [0.4, 0.5) is 0 Å². The van der Waals surface area contributed by atoms with Crippen LogP contribution in [0.2, 0.25) is 0 Å². The Balaban J connectivity index is 0.896. The fourth-order valence-electron chi connectivity index (χ4n) is 16.9. The minimum atomic E-state index is -3.65. The molecule has 0 aromatic heterocycles. The Morgan fingerprint density at radius 2 is 0.211 bits per heavy atom. The van der Waals surface area contributed by atoms with E-state index in [9.17, 15) is 0 Å². The van der Waals surface area contributed by atoms with Gasteiger partial charge in [0.05, 0.1) is 73.2 Å². The molecular weight excluding hydrogens is 1250 g/mol. The first-order valence-electron chi connectivity index (χ1n) is 38.2. The topological polar surface area (TPSA) is 185 Å². The van der Waals surface area contributed by atoms with Crippen LogP contribution >= 0.6 is 46.0 Å². The third-order valence-electron chi connectivity index (χ3n) is 21.9. The van der Waals surface area contributed by atoms with Gasteiger partial charge in [-0.3, -0.25) is 0 Å². The van der Waals surface area contributed by atoms with Gasteiger partial charge in [-0.1, -0.05) is 193 Å². The van der Waals surface area contributed by atoms with E-state index in [1.54, 1.807) is 0 Å². The minimum absolute atomic E-state index is 0.0313. The Kier molecular flexibility index (Phi) is 26.1. The Hall–Kier alpha value is 0.900. The molecule has 0 radical (unpaired) electrons. The summed E-state index contributed by atoms with van der Waals surface area (Å²) in [7, 11) is -21.5. The van der Waals surface area contributed by atoms with E-state index in [0.29, 0.717) is 25.7 Å². The molecule has 0 aromatic carbocycles. The molecule has 18 nitrogen and oxygen atoms in total. The predicted octanol–water partition coefficient (Wildman–Crippen LogP) is 25.5. The van der Waals surface area contributed by atoms with Gasteiger partial charge in [0.2, 0.25) is 0 Å². The second kappa shape index (κ2) is 33.8. The SMILES string of the molecule is C1CCC(OP2(OC3CCCCC3)=NP(OC3CCCCC3)(OC3CCCCC3)=NP(OC3CCCCC3)(OC3CCC(OP4(OC5CCCCC5)=NP(OC5CCCCC5)(OC5CCCCC5)=NP(OC5CCCCC5)(OC5CCCCC5)=N4)CC3)=N2)CC1. The van der Waals surface area contributed by atoms with Gasteiger partial charge in [0.25, 0.3) is 0 Å². The van der Waals surface area contributed by atoms with E-state index in [4.69, 9.17) is 81.4 Å². The van der Waals surface area contributed by atoms with Crippen LogP contribution in [0.3, 0.4) is 0 Å². The fourth-order valence-corrected chi connectivity index (χ4v) is 38.1. The average Bonchev–Trinajstić information content (AvgIpc) is 0.755. The first kappa shape index (κ1) is 69.4. The van der Waals surface area contributed by atoms with Crippen molar-refractivity contribution in [3.8, 4) is 0 Å². The van der Waals surface area contributed by atoms with Gasteiger partial charge < -0.3 is 54.3 Å². The summed E-state index contributed by atoms with van der Waals surface area (Å²) in [5.74, 6) is 0. The van der Waals surface area contributed by atoms with Crippen molar-refractivity contribution >= 4 is 46.0 Å². The summed E-state index contributed by atoms with van der Waals surface area (Å²) in [6, 6.07) is 0. The van der Waals surface area contributed by atoms with Crippen molar-refractivity contribution < 1.29 is 54.3 Å². The third-order valence-corrected chi connectivity index (χ3v) is 39.7.